The molecule has 0 aromatic carbocycles. The molecule has 0 fully saturated rings. The van der Waals surface area contributed by atoms with Crippen LogP contribution in [-0.2, 0) is 29.0 Å². The van der Waals surface area contributed by atoms with Gasteiger partial charge >= 0.3 is 0 Å². The van der Waals surface area contributed by atoms with Crippen LogP contribution in [0.3, 0.4) is 0 Å². The summed E-state index contributed by atoms with van der Waals surface area (Å²) in [5, 5.41) is 11.7. The van der Waals surface area contributed by atoms with Crippen molar-refractivity contribution in [1.29, 1.82) is 0 Å². The van der Waals surface area contributed by atoms with E-state index < -0.39 is 0 Å². The van der Waals surface area contributed by atoms with Crippen molar-refractivity contribution in [2.45, 2.75) is 65.3 Å². The highest BCUT2D eigenvalue weighted by atomic mass is 16.5. The minimum atomic E-state index is -0.156. The predicted molar refractivity (Wildman–Crippen MR) is 98.5 cm³/mol. The molecule has 0 bridgehead atoms. The van der Waals surface area contributed by atoms with Crippen molar-refractivity contribution < 1.29 is 18.8 Å². The molecule has 0 aliphatic carbocycles. The van der Waals surface area contributed by atoms with Gasteiger partial charge in [-0.15, -0.1) is 0 Å². The van der Waals surface area contributed by atoms with Gasteiger partial charge in [0.2, 0.25) is 0 Å². The molecule has 1 aliphatic heterocycles. The zero-order chi connectivity index (χ0) is 19.6. The quantitative estimate of drug-likeness (QED) is 0.799. The number of hydrogen-bond acceptors (Lipinski definition) is 6. The highest BCUT2D eigenvalue weighted by Gasteiger charge is 2.32. The number of rotatable bonds is 7. The molecule has 27 heavy (non-hydrogen) atoms. The number of carbonyl (C=O) groups excluding carboxylic acids is 1. The third-order valence-electron chi connectivity index (χ3n) is 4.78. The molecule has 2 aromatic heterocycles. The monoisotopic (exact) mass is 376 g/mol. The zero-order valence-corrected chi connectivity index (χ0v) is 16.6. The lowest BCUT2D eigenvalue weighted by molar-refractivity contribution is -0.00716. The molecule has 3 heterocycles. The minimum absolute atomic E-state index is 0.0461. The van der Waals surface area contributed by atoms with Crippen LogP contribution < -0.4 is 5.32 Å². The third-order valence-corrected chi connectivity index (χ3v) is 4.78. The number of methoxy groups -OCH3 is 1. The number of hydrogen-bond donors (Lipinski definition) is 1. The van der Waals surface area contributed by atoms with Crippen molar-refractivity contribution in [1.82, 2.24) is 20.3 Å². The van der Waals surface area contributed by atoms with E-state index in [1.54, 1.807) is 18.1 Å². The molecule has 8 heteroatoms. The molecule has 148 valence electrons. The van der Waals surface area contributed by atoms with Crippen molar-refractivity contribution in [3.8, 4) is 0 Å². The number of amides is 1. The molecule has 0 spiro atoms. The van der Waals surface area contributed by atoms with Crippen LogP contribution >= 0.6 is 0 Å². The van der Waals surface area contributed by atoms with Gasteiger partial charge in [0.1, 0.15) is 12.0 Å². The first-order valence-corrected chi connectivity index (χ1v) is 9.37. The number of nitrogens with zero attached hydrogens (tertiary/aromatic N) is 3. The topological polar surface area (TPSA) is 91.4 Å². The molecule has 8 nitrogen and oxygen atoms in total. The van der Waals surface area contributed by atoms with Gasteiger partial charge in [0.25, 0.3) is 5.91 Å². The Balaban J connectivity index is 1.85. The van der Waals surface area contributed by atoms with E-state index >= 15 is 0 Å². The Morgan fingerprint density at radius 1 is 1.44 bits per heavy atom. The van der Waals surface area contributed by atoms with Crippen molar-refractivity contribution in [2.24, 2.45) is 0 Å². The summed E-state index contributed by atoms with van der Waals surface area (Å²) in [7, 11) is 1.64. The van der Waals surface area contributed by atoms with Gasteiger partial charge in [-0.25, -0.2) is 0 Å². The van der Waals surface area contributed by atoms with Crippen LogP contribution in [0.2, 0.25) is 0 Å². The molecule has 1 N–H and O–H groups in total. The average molecular weight is 376 g/mol. The van der Waals surface area contributed by atoms with E-state index in [1.807, 2.05) is 27.7 Å². The van der Waals surface area contributed by atoms with Gasteiger partial charge in [0.05, 0.1) is 36.7 Å². The van der Waals surface area contributed by atoms with E-state index in [9.17, 15) is 4.79 Å². The minimum Gasteiger partial charge on any atom is -0.383 e. The largest absolute Gasteiger partial charge is 0.383 e. The summed E-state index contributed by atoms with van der Waals surface area (Å²) in [6, 6.07) is 0. The van der Waals surface area contributed by atoms with E-state index in [0.717, 1.165) is 22.5 Å². The molecule has 0 radical (unpaired) electrons. The Hall–Kier alpha value is -2.19. The molecule has 3 rings (SSSR count). The van der Waals surface area contributed by atoms with Crippen LogP contribution in [0.5, 0.6) is 0 Å². The standard InChI is InChI=1S/C19H28N4O4/c1-11(2)16-14(10-26-22-16)9-20-19(24)18-15-8-12(3)27-13(4)17(15)21-23(18)6-7-25-5/h10-13H,6-9H2,1-5H3,(H,20,24)/t12-,13+/m0/s1. The third kappa shape index (κ3) is 4.06. The Bertz CT molecular complexity index is 796. The van der Waals surface area contributed by atoms with Crippen molar-refractivity contribution >= 4 is 5.91 Å². The van der Waals surface area contributed by atoms with E-state index in [0.29, 0.717) is 31.8 Å². The lowest BCUT2D eigenvalue weighted by atomic mass is 9.99. The van der Waals surface area contributed by atoms with Gasteiger partial charge in [0.15, 0.2) is 0 Å². The maximum Gasteiger partial charge on any atom is 0.270 e. The number of fused-ring (bicyclic) bond motifs is 1. The molecule has 0 unspecified atom stereocenters. The van der Waals surface area contributed by atoms with E-state index in [4.69, 9.17) is 14.0 Å². The summed E-state index contributed by atoms with van der Waals surface area (Å²) in [6.07, 6.45) is 2.17. The first-order chi connectivity index (χ1) is 12.9. The summed E-state index contributed by atoms with van der Waals surface area (Å²) < 4.78 is 17.9. The molecule has 2 atom stereocenters. The summed E-state index contributed by atoms with van der Waals surface area (Å²) in [5.74, 6) is 0.0755. The van der Waals surface area contributed by atoms with Gasteiger partial charge in [-0.2, -0.15) is 5.10 Å². The summed E-state index contributed by atoms with van der Waals surface area (Å²) in [6.45, 7) is 9.42. The van der Waals surface area contributed by atoms with Crippen LogP contribution in [0.4, 0.5) is 0 Å². The maximum atomic E-state index is 13.0. The fraction of sp³-hybridized carbons (Fsp3) is 0.632. The zero-order valence-electron chi connectivity index (χ0n) is 16.6. The first-order valence-electron chi connectivity index (χ1n) is 9.37. The average Bonchev–Trinajstić information content (AvgIpc) is 3.22. The van der Waals surface area contributed by atoms with Crippen molar-refractivity contribution in [2.75, 3.05) is 13.7 Å². The van der Waals surface area contributed by atoms with Crippen molar-refractivity contribution in [3.63, 3.8) is 0 Å². The number of carbonyl (C=O) groups is 1. The Morgan fingerprint density at radius 2 is 2.22 bits per heavy atom. The van der Waals surface area contributed by atoms with Gasteiger partial charge in [-0.1, -0.05) is 19.0 Å². The summed E-state index contributed by atoms with van der Waals surface area (Å²) in [5.41, 5.74) is 4.14. The Morgan fingerprint density at radius 3 is 2.93 bits per heavy atom. The van der Waals surface area contributed by atoms with Gasteiger partial charge in [-0.05, 0) is 19.8 Å². The number of aromatic nitrogens is 3. The first kappa shape index (κ1) is 19.6. The lowest BCUT2D eigenvalue weighted by Gasteiger charge is -2.24. The van der Waals surface area contributed by atoms with Crippen LogP contribution in [0.15, 0.2) is 10.8 Å². The van der Waals surface area contributed by atoms with Crippen LogP contribution in [0.25, 0.3) is 0 Å². The molecular formula is C19H28N4O4. The van der Waals surface area contributed by atoms with Gasteiger partial charge in [-0.3, -0.25) is 9.48 Å². The second-order valence-electron chi connectivity index (χ2n) is 7.28. The summed E-state index contributed by atoms with van der Waals surface area (Å²) >= 11 is 0. The highest BCUT2D eigenvalue weighted by Crippen LogP contribution is 2.31. The summed E-state index contributed by atoms with van der Waals surface area (Å²) in [4.78, 5) is 13.0. The van der Waals surface area contributed by atoms with E-state index in [2.05, 4.69) is 15.6 Å². The van der Waals surface area contributed by atoms with Gasteiger partial charge < -0.3 is 19.3 Å². The molecule has 1 amide bonds. The smallest absolute Gasteiger partial charge is 0.270 e. The molecular weight excluding hydrogens is 348 g/mol. The van der Waals surface area contributed by atoms with E-state index in [-0.39, 0.29) is 24.0 Å². The second-order valence-corrected chi connectivity index (χ2v) is 7.28. The molecule has 0 saturated carbocycles. The molecule has 0 saturated heterocycles. The Labute approximate surface area is 159 Å². The number of nitrogens with one attached hydrogen (secondary N) is 1. The van der Waals surface area contributed by atoms with E-state index in [1.165, 1.54) is 0 Å². The number of ether oxygens (including phenoxy) is 2. The molecule has 1 aliphatic rings. The SMILES string of the molecule is COCCn1nc2c(c1C(=O)NCc1conc1C(C)C)C[C@H](C)O[C@@H]2C. The van der Waals surface area contributed by atoms with Crippen LogP contribution in [0.1, 0.15) is 72.7 Å². The van der Waals surface area contributed by atoms with Gasteiger partial charge in [0, 0.05) is 31.2 Å². The Kier molecular flexibility index (Phi) is 5.96. The van der Waals surface area contributed by atoms with Crippen LogP contribution in [-0.4, -0.2) is 40.7 Å². The lowest BCUT2D eigenvalue weighted by Crippen LogP contribution is -2.29. The highest BCUT2D eigenvalue weighted by molar-refractivity contribution is 5.94. The second kappa shape index (κ2) is 8.22. The predicted octanol–water partition coefficient (Wildman–Crippen LogP) is 2.59. The maximum absolute atomic E-state index is 13.0. The fourth-order valence-corrected chi connectivity index (χ4v) is 3.52. The normalized spacial score (nSPS) is 19.3. The molecule has 2 aromatic rings. The van der Waals surface area contributed by atoms with Crippen molar-refractivity contribution in [3.05, 3.63) is 34.5 Å². The van der Waals surface area contributed by atoms with Crippen LogP contribution in [0, 0.1) is 0 Å². The fourth-order valence-electron chi connectivity index (χ4n) is 3.52.